The highest BCUT2D eigenvalue weighted by atomic mass is 32.2. The molecule has 0 radical (unpaired) electrons. The van der Waals surface area contributed by atoms with Crippen molar-refractivity contribution in [1.29, 1.82) is 0 Å². The van der Waals surface area contributed by atoms with Crippen LogP contribution in [0.4, 0.5) is 13.2 Å². The van der Waals surface area contributed by atoms with Gasteiger partial charge in [-0.3, -0.25) is 4.55 Å². The Kier molecular flexibility index (Phi) is 3.49. The minimum absolute atomic E-state index is 0.140. The van der Waals surface area contributed by atoms with E-state index in [2.05, 4.69) is 0 Å². The van der Waals surface area contributed by atoms with Crippen LogP contribution in [0.25, 0.3) is 0 Å². The largest absolute Gasteiger partial charge is 0.389 e. The summed E-state index contributed by atoms with van der Waals surface area (Å²) < 4.78 is 65.6. The number of halogens is 3. The maximum absolute atomic E-state index is 12.1. The fraction of sp³-hybridized carbons (Fsp3) is 0.556. The molecule has 1 aliphatic carbocycles. The number of allylic oxidation sites excluding steroid dienone is 3. The third kappa shape index (κ3) is 3.08. The fourth-order valence-corrected chi connectivity index (χ4v) is 2.42. The summed E-state index contributed by atoms with van der Waals surface area (Å²) in [6, 6.07) is 0. The van der Waals surface area contributed by atoms with Gasteiger partial charge in [-0.15, -0.1) is 0 Å². The Bertz CT molecular complexity index is 408. The fourth-order valence-electron chi connectivity index (χ4n) is 1.50. The zero-order chi connectivity index (χ0) is 12.4. The zero-order valence-corrected chi connectivity index (χ0v) is 9.05. The second kappa shape index (κ2) is 4.21. The molecular formula is C9H11F3O3S. The van der Waals surface area contributed by atoms with E-state index in [1.807, 2.05) is 0 Å². The van der Waals surface area contributed by atoms with Crippen LogP contribution in [0.2, 0.25) is 0 Å². The van der Waals surface area contributed by atoms with Crippen LogP contribution in [0.15, 0.2) is 24.3 Å². The topological polar surface area (TPSA) is 54.4 Å². The van der Waals surface area contributed by atoms with Gasteiger partial charge in [-0.1, -0.05) is 24.3 Å². The van der Waals surface area contributed by atoms with Gasteiger partial charge in [-0.05, 0) is 12.8 Å². The van der Waals surface area contributed by atoms with Crippen LogP contribution in [0.3, 0.4) is 0 Å². The molecule has 1 atom stereocenters. The van der Waals surface area contributed by atoms with Crippen molar-refractivity contribution in [3.05, 3.63) is 24.3 Å². The maximum Gasteiger partial charge on any atom is 0.389 e. The minimum Gasteiger partial charge on any atom is -0.285 e. The Morgan fingerprint density at radius 3 is 2.31 bits per heavy atom. The average Bonchev–Trinajstić information content (AvgIpc) is 2.13. The van der Waals surface area contributed by atoms with Crippen molar-refractivity contribution in [1.82, 2.24) is 0 Å². The summed E-state index contributed by atoms with van der Waals surface area (Å²) >= 11 is 0. The van der Waals surface area contributed by atoms with Gasteiger partial charge in [0.25, 0.3) is 10.1 Å². The highest BCUT2D eigenvalue weighted by Gasteiger charge is 2.43. The van der Waals surface area contributed by atoms with Crippen LogP contribution >= 0.6 is 0 Å². The number of alkyl halides is 3. The van der Waals surface area contributed by atoms with Crippen LogP contribution in [0, 0.1) is 0 Å². The molecule has 7 heteroatoms. The Morgan fingerprint density at radius 1 is 1.31 bits per heavy atom. The van der Waals surface area contributed by atoms with Gasteiger partial charge in [0.15, 0.2) is 0 Å². The highest BCUT2D eigenvalue weighted by molar-refractivity contribution is 7.87. The first kappa shape index (κ1) is 13.2. The lowest BCUT2D eigenvalue weighted by Crippen LogP contribution is -2.37. The van der Waals surface area contributed by atoms with E-state index in [0.29, 0.717) is 0 Å². The molecule has 0 spiro atoms. The summed E-state index contributed by atoms with van der Waals surface area (Å²) in [4.78, 5) is 0. The first-order valence-corrected chi connectivity index (χ1v) is 5.98. The van der Waals surface area contributed by atoms with E-state index in [9.17, 15) is 21.6 Å². The van der Waals surface area contributed by atoms with Gasteiger partial charge in [0, 0.05) is 6.42 Å². The van der Waals surface area contributed by atoms with Crippen molar-refractivity contribution in [2.45, 2.75) is 30.2 Å². The lowest BCUT2D eigenvalue weighted by Gasteiger charge is -2.28. The van der Waals surface area contributed by atoms with E-state index in [0.717, 1.165) is 6.08 Å². The van der Waals surface area contributed by atoms with E-state index >= 15 is 0 Å². The molecule has 0 amide bonds. The molecule has 0 aromatic carbocycles. The Hall–Kier alpha value is -0.820. The molecule has 0 saturated heterocycles. The summed E-state index contributed by atoms with van der Waals surface area (Å²) in [6.45, 7) is 0. The van der Waals surface area contributed by atoms with Crippen LogP contribution in [-0.2, 0) is 10.1 Å². The van der Waals surface area contributed by atoms with E-state index in [-0.39, 0.29) is 6.42 Å². The van der Waals surface area contributed by atoms with Gasteiger partial charge >= 0.3 is 6.18 Å². The first-order valence-electron chi connectivity index (χ1n) is 4.54. The summed E-state index contributed by atoms with van der Waals surface area (Å²) in [7, 11) is -4.55. The molecule has 0 aromatic rings. The van der Waals surface area contributed by atoms with Crippen LogP contribution < -0.4 is 0 Å². The Morgan fingerprint density at radius 2 is 1.94 bits per heavy atom. The average molecular weight is 256 g/mol. The molecule has 0 fully saturated rings. The van der Waals surface area contributed by atoms with Crippen molar-refractivity contribution in [2.75, 3.05) is 0 Å². The molecule has 1 N–H and O–H groups in total. The van der Waals surface area contributed by atoms with Crippen molar-refractivity contribution < 1.29 is 26.1 Å². The van der Waals surface area contributed by atoms with Crippen LogP contribution in [0.5, 0.6) is 0 Å². The third-order valence-electron chi connectivity index (χ3n) is 2.46. The van der Waals surface area contributed by atoms with Gasteiger partial charge in [-0.2, -0.15) is 21.6 Å². The lowest BCUT2D eigenvalue weighted by atomic mass is 9.94. The molecule has 0 heterocycles. The van der Waals surface area contributed by atoms with Crippen molar-refractivity contribution in [3.8, 4) is 0 Å². The van der Waals surface area contributed by atoms with Crippen molar-refractivity contribution in [2.24, 2.45) is 0 Å². The van der Waals surface area contributed by atoms with Crippen molar-refractivity contribution in [3.63, 3.8) is 0 Å². The molecule has 1 rings (SSSR count). The number of hydrogen-bond acceptors (Lipinski definition) is 2. The lowest BCUT2D eigenvalue weighted by molar-refractivity contribution is -0.136. The molecular weight excluding hydrogens is 245 g/mol. The molecule has 1 unspecified atom stereocenters. The second-order valence-corrected chi connectivity index (χ2v) is 5.41. The van der Waals surface area contributed by atoms with Gasteiger partial charge in [-0.25, -0.2) is 0 Å². The highest BCUT2D eigenvalue weighted by Crippen LogP contribution is 2.35. The number of hydrogen-bond donors (Lipinski definition) is 1. The molecule has 3 nitrogen and oxygen atoms in total. The first-order chi connectivity index (χ1) is 7.16. The smallest absolute Gasteiger partial charge is 0.285 e. The summed E-state index contributed by atoms with van der Waals surface area (Å²) in [5, 5.41) is 0. The quantitative estimate of drug-likeness (QED) is 0.789. The SMILES string of the molecule is O=S(=O)(O)C1(CCC(F)(F)F)C=CC=CC1. The predicted molar refractivity (Wildman–Crippen MR) is 52.5 cm³/mol. The second-order valence-electron chi connectivity index (χ2n) is 3.65. The Labute approximate surface area is 91.4 Å². The van der Waals surface area contributed by atoms with E-state index < -0.39 is 33.9 Å². The van der Waals surface area contributed by atoms with E-state index in [1.165, 1.54) is 18.2 Å². The molecule has 0 aliphatic heterocycles. The van der Waals surface area contributed by atoms with Gasteiger partial charge in [0.2, 0.25) is 0 Å². The molecule has 0 aromatic heterocycles. The summed E-state index contributed by atoms with van der Waals surface area (Å²) in [6.07, 6.45) is -1.12. The molecule has 0 bridgehead atoms. The standard InChI is InChI=1S/C9H11F3O3S/c10-9(11,12)7-6-8(16(13,14)15)4-2-1-3-5-8/h1-4H,5-7H2,(H,13,14,15). The minimum atomic E-state index is -4.55. The van der Waals surface area contributed by atoms with Gasteiger partial charge in [0.1, 0.15) is 4.75 Å². The normalized spacial score (nSPS) is 26.0. The molecule has 1 aliphatic rings. The summed E-state index contributed by atoms with van der Waals surface area (Å²) in [5.41, 5.74) is 0. The van der Waals surface area contributed by atoms with Gasteiger partial charge in [0.05, 0.1) is 0 Å². The molecule has 92 valence electrons. The van der Waals surface area contributed by atoms with Gasteiger partial charge < -0.3 is 0 Å². The van der Waals surface area contributed by atoms with Crippen LogP contribution in [0.1, 0.15) is 19.3 Å². The van der Waals surface area contributed by atoms with Crippen LogP contribution in [-0.4, -0.2) is 23.9 Å². The predicted octanol–water partition coefficient (Wildman–Crippen LogP) is 2.47. The molecule has 16 heavy (non-hydrogen) atoms. The van der Waals surface area contributed by atoms with E-state index in [1.54, 1.807) is 0 Å². The third-order valence-corrected chi connectivity index (χ3v) is 3.99. The molecule has 0 saturated carbocycles. The van der Waals surface area contributed by atoms with Crippen molar-refractivity contribution >= 4 is 10.1 Å². The zero-order valence-electron chi connectivity index (χ0n) is 8.24. The maximum atomic E-state index is 12.1. The summed E-state index contributed by atoms with van der Waals surface area (Å²) in [5.74, 6) is 0. The van der Waals surface area contributed by atoms with E-state index in [4.69, 9.17) is 4.55 Å². The number of rotatable bonds is 3. The monoisotopic (exact) mass is 256 g/mol. The Balaban J connectivity index is 2.91.